The summed E-state index contributed by atoms with van der Waals surface area (Å²) in [6, 6.07) is 6.11. The molecule has 1 rings (SSSR count). The number of carbonyl (C=O) groups excluding carboxylic acids is 1. The summed E-state index contributed by atoms with van der Waals surface area (Å²) in [5.41, 5.74) is -0.588. The minimum Gasteiger partial charge on any atom is -0.478 e. The molecule has 2 N–H and O–H groups in total. The molecule has 0 aliphatic heterocycles. The van der Waals surface area contributed by atoms with Crippen LogP contribution >= 0.6 is 11.6 Å². The Bertz CT molecular complexity index is 612. The summed E-state index contributed by atoms with van der Waals surface area (Å²) in [6.45, 7) is 8.79. The smallest absolute Gasteiger partial charge is 0.355 e. The first kappa shape index (κ1) is 19.0. The van der Waals surface area contributed by atoms with Crippen molar-refractivity contribution in [2.24, 2.45) is 0 Å². The predicted molar refractivity (Wildman–Crippen MR) is 90.1 cm³/mol. The monoisotopic (exact) mass is 339 g/mol. The maximum Gasteiger partial charge on any atom is 0.355 e. The molecule has 0 bridgehead atoms. The summed E-state index contributed by atoms with van der Waals surface area (Å²) in [6.07, 6.45) is 0. The summed E-state index contributed by atoms with van der Waals surface area (Å²) >= 11 is 5.84. The van der Waals surface area contributed by atoms with Gasteiger partial charge in [-0.05, 0) is 52.3 Å². The number of hydrogen-bond acceptors (Lipinski definition) is 4. The third-order valence-electron chi connectivity index (χ3n) is 2.63. The molecule has 5 nitrogen and oxygen atoms in total. The van der Waals surface area contributed by atoms with Crippen LogP contribution in [-0.4, -0.2) is 28.7 Å². The number of carbonyl (C=O) groups is 2. The van der Waals surface area contributed by atoms with Crippen LogP contribution in [0.25, 0.3) is 5.57 Å². The maximum atomic E-state index is 12.4. The van der Waals surface area contributed by atoms with Gasteiger partial charge >= 0.3 is 11.9 Å². The van der Waals surface area contributed by atoms with Crippen molar-refractivity contribution in [1.82, 2.24) is 5.32 Å². The number of halogens is 1. The number of aliphatic carboxylic acids is 1. The number of rotatable bonds is 5. The van der Waals surface area contributed by atoms with Crippen LogP contribution in [0.15, 0.2) is 30.0 Å². The summed E-state index contributed by atoms with van der Waals surface area (Å²) in [5, 5.41) is 13.0. The molecule has 0 aliphatic rings. The molecule has 126 valence electrons. The zero-order valence-corrected chi connectivity index (χ0v) is 14.7. The van der Waals surface area contributed by atoms with E-state index in [1.165, 1.54) is 0 Å². The standard InChI is InChI=1S/C17H22ClNO4/c1-10(2)19-14(16(22)23-17(3,4)5)13(15(20)21)11-6-8-12(18)9-7-11/h6-10,19H,1-5H3,(H,20,21)/b14-13+. The molecule has 0 fully saturated rings. The highest BCUT2D eigenvalue weighted by Gasteiger charge is 2.27. The number of hydrogen-bond donors (Lipinski definition) is 2. The lowest BCUT2D eigenvalue weighted by molar-refractivity contribution is -0.150. The van der Waals surface area contributed by atoms with Gasteiger partial charge in [0.25, 0.3) is 0 Å². The lowest BCUT2D eigenvalue weighted by Crippen LogP contribution is -2.34. The molecule has 0 heterocycles. The Labute approximate surface area is 141 Å². The second-order valence-corrected chi connectivity index (χ2v) is 6.80. The molecule has 0 saturated carbocycles. The normalized spacial score (nSPS) is 12.7. The van der Waals surface area contributed by atoms with Crippen molar-refractivity contribution in [3.05, 3.63) is 40.5 Å². The summed E-state index contributed by atoms with van der Waals surface area (Å²) in [4.78, 5) is 24.2. The predicted octanol–water partition coefficient (Wildman–Crippen LogP) is 3.48. The highest BCUT2D eigenvalue weighted by atomic mass is 35.5. The third kappa shape index (κ3) is 5.94. The first-order valence-electron chi connectivity index (χ1n) is 7.24. The molecular weight excluding hydrogens is 318 g/mol. The highest BCUT2D eigenvalue weighted by molar-refractivity contribution is 6.30. The molecule has 0 radical (unpaired) electrons. The largest absolute Gasteiger partial charge is 0.478 e. The van der Waals surface area contributed by atoms with Crippen molar-refractivity contribution in [3.8, 4) is 0 Å². The molecule has 0 amide bonds. The number of benzene rings is 1. The van der Waals surface area contributed by atoms with Gasteiger partial charge in [-0.3, -0.25) is 0 Å². The van der Waals surface area contributed by atoms with Crippen molar-refractivity contribution in [2.45, 2.75) is 46.3 Å². The van der Waals surface area contributed by atoms with Crippen LogP contribution in [0, 0.1) is 0 Å². The van der Waals surface area contributed by atoms with Gasteiger partial charge in [0.1, 0.15) is 11.3 Å². The molecule has 23 heavy (non-hydrogen) atoms. The first-order valence-corrected chi connectivity index (χ1v) is 7.62. The van der Waals surface area contributed by atoms with Crippen LogP contribution in [0.3, 0.4) is 0 Å². The van der Waals surface area contributed by atoms with Crippen molar-refractivity contribution in [3.63, 3.8) is 0 Å². The van der Waals surface area contributed by atoms with Gasteiger partial charge in [-0.2, -0.15) is 0 Å². The van der Waals surface area contributed by atoms with E-state index in [4.69, 9.17) is 16.3 Å². The number of ether oxygens (including phenoxy) is 1. The van der Waals surface area contributed by atoms with E-state index >= 15 is 0 Å². The highest BCUT2D eigenvalue weighted by Crippen LogP contribution is 2.23. The molecule has 0 aromatic heterocycles. The summed E-state index contributed by atoms with van der Waals surface area (Å²) in [5.74, 6) is -1.93. The van der Waals surface area contributed by atoms with Crippen LogP contribution in [-0.2, 0) is 14.3 Å². The van der Waals surface area contributed by atoms with E-state index in [9.17, 15) is 14.7 Å². The maximum absolute atomic E-state index is 12.4. The van der Waals surface area contributed by atoms with E-state index in [-0.39, 0.29) is 17.3 Å². The van der Waals surface area contributed by atoms with Gasteiger partial charge in [0, 0.05) is 11.1 Å². The Morgan fingerprint density at radius 1 is 1.17 bits per heavy atom. The molecule has 1 aromatic rings. The fraction of sp³-hybridized carbons (Fsp3) is 0.412. The Balaban J connectivity index is 3.45. The molecule has 0 atom stereocenters. The Hall–Kier alpha value is -2.01. The molecule has 1 aromatic carbocycles. The van der Waals surface area contributed by atoms with E-state index in [2.05, 4.69) is 5.32 Å². The molecule has 0 spiro atoms. The van der Waals surface area contributed by atoms with Crippen molar-refractivity contribution < 1.29 is 19.4 Å². The molecule has 0 aliphatic carbocycles. The van der Waals surface area contributed by atoms with Gasteiger partial charge in [0.15, 0.2) is 0 Å². The van der Waals surface area contributed by atoms with Crippen molar-refractivity contribution in [2.75, 3.05) is 0 Å². The SMILES string of the molecule is CC(C)N/C(C(=O)OC(C)(C)C)=C(/C(=O)O)c1ccc(Cl)cc1. The van der Waals surface area contributed by atoms with Crippen molar-refractivity contribution >= 4 is 29.1 Å². The molecule has 0 saturated heterocycles. The Morgan fingerprint density at radius 3 is 2.09 bits per heavy atom. The molecule has 0 unspecified atom stereocenters. The van der Waals surface area contributed by atoms with Gasteiger partial charge < -0.3 is 15.2 Å². The van der Waals surface area contributed by atoms with Gasteiger partial charge in [0.05, 0.1) is 5.57 Å². The van der Waals surface area contributed by atoms with Gasteiger partial charge in [-0.1, -0.05) is 23.7 Å². The van der Waals surface area contributed by atoms with Crippen LogP contribution in [0.5, 0.6) is 0 Å². The minimum atomic E-state index is -1.22. The average molecular weight is 340 g/mol. The quantitative estimate of drug-likeness (QED) is 0.634. The average Bonchev–Trinajstić information content (AvgIpc) is 2.37. The lowest BCUT2D eigenvalue weighted by Gasteiger charge is -2.23. The Kier molecular flexibility index (Phi) is 6.21. The molecular formula is C17H22ClNO4. The van der Waals surface area contributed by atoms with Crippen LogP contribution in [0.1, 0.15) is 40.2 Å². The van der Waals surface area contributed by atoms with E-state index < -0.39 is 17.5 Å². The second-order valence-electron chi connectivity index (χ2n) is 6.36. The van der Waals surface area contributed by atoms with Gasteiger partial charge in [-0.25, -0.2) is 9.59 Å². The number of nitrogens with one attached hydrogen (secondary N) is 1. The second kappa shape index (κ2) is 7.51. The van der Waals surface area contributed by atoms with Crippen molar-refractivity contribution in [1.29, 1.82) is 0 Å². The minimum absolute atomic E-state index is 0.0789. The first-order chi connectivity index (χ1) is 10.5. The zero-order valence-electron chi connectivity index (χ0n) is 13.9. The number of carboxylic acid groups (broad SMARTS) is 1. The van der Waals surface area contributed by atoms with E-state index in [0.717, 1.165) is 0 Å². The van der Waals surface area contributed by atoms with E-state index in [1.54, 1.807) is 45.0 Å². The van der Waals surface area contributed by atoms with Crippen LogP contribution < -0.4 is 5.32 Å². The fourth-order valence-electron chi connectivity index (χ4n) is 1.84. The lowest BCUT2D eigenvalue weighted by atomic mass is 10.0. The van der Waals surface area contributed by atoms with Crippen LogP contribution in [0.4, 0.5) is 0 Å². The van der Waals surface area contributed by atoms with Gasteiger partial charge in [0.2, 0.25) is 0 Å². The number of esters is 1. The Morgan fingerprint density at radius 2 is 1.70 bits per heavy atom. The van der Waals surface area contributed by atoms with Crippen LogP contribution in [0.2, 0.25) is 5.02 Å². The topological polar surface area (TPSA) is 75.6 Å². The fourth-order valence-corrected chi connectivity index (χ4v) is 1.97. The van der Waals surface area contributed by atoms with Gasteiger partial charge in [-0.15, -0.1) is 0 Å². The zero-order chi connectivity index (χ0) is 17.8. The third-order valence-corrected chi connectivity index (χ3v) is 2.88. The number of carboxylic acids is 1. The summed E-state index contributed by atoms with van der Waals surface area (Å²) in [7, 11) is 0. The summed E-state index contributed by atoms with van der Waals surface area (Å²) < 4.78 is 5.33. The molecule has 6 heteroatoms. The van der Waals surface area contributed by atoms with E-state index in [0.29, 0.717) is 10.6 Å². The van der Waals surface area contributed by atoms with E-state index in [1.807, 2.05) is 13.8 Å².